The van der Waals surface area contributed by atoms with E-state index in [9.17, 15) is 14.4 Å². The summed E-state index contributed by atoms with van der Waals surface area (Å²) in [6.07, 6.45) is 0.771. The van der Waals surface area contributed by atoms with Gasteiger partial charge in [-0.3, -0.25) is 9.59 Å². The monoisotopic (exact) mass is 465 g/mol. The number of piperazine rings is 1. The highest BCUT2D eigenvalue weighted by Crippen LogP contribution is 2.20. The third-order valence-electron chi connectivity index (χ3n) is 5.63. The molecule has 2 aromatic rings. The van der Waals surface area contributed by atoms with E-state index in [1.807, 2.05) is 68.1 Å². The number of hydrogen-bond acceptors (Lipinski definition) is 4. The number of anilines is 2. The Labute approximate surface area is 201 Å². The molecule has 1 heterocycles. The zero-order valence-electron chi connectivity index (χ0n) is 20.3. The van der Waals surface area contributed by atoms with Gasteiger partial charge in [-0.25, -0.2) is 4.79 Å². The van der Waals surface area contributed by atoms with Gasteiger partial charge >= 0.3 is 6.03 Å². The molecule has 0 spiro atoms. The van der Waals surface area contributed by atoms with Gasteiger partial charge in [-0.15, -0.1) is 0 Å². The smallest absolute Gasteiger partial charge is 0.317 e. The van der Waals surface area contributed by atoms with E-state index in [1.54, 1.807) is 17.0 Å². The Bertz CT molecular complexity index is 954. The molecule has 182 valence electrons. The molecule has 8 nitrogen and oxygen atoms in total. The molecule has 1 fully saturated rings. The Morgan fingerprint density at radius 1 is 0.941 bits per heavy atom. The fourth-order valence-corrected chi connectivity index (χ4v) is 3.92. The van der Waals surface area contributed by atoms with Crippen molar-refractivity contribution in [1.82, 2.24) is 15.1 Å². The summed E-state index contributed by atoms with van der Waals surface area (Å²) in [4.78, 5) is 43.2. The molecule has 2 N–H and O–H groups in total. The zero-order valence-corrected chi connectivity index (χ0v) is 20.3. The van der Waals surface area contributed by atoms with E-state index in [0.29, 0.717) is 30.9 Å². The summed E-state index contributed by atoms with van der Waals surface area (Å²) in [5, 5.41) is 5.83. The van der Waals surface area contributed by atoms with Crippen LogP contribution in [0.5, 0.6) is 0 Å². The summed E-state index contributed by atoms with van der Waals surface area (Å²) < 4.78 is 0. The van der Waals surface area contributed by atoms with Crippen LogP contribution in [0.15, 0.2) is 54.6 Å². The lowest BCUT2D eigenvalue weighted by Crippen LogP contribution is -2.52. The molecule has 1 aliphatic heterocycles. The number of amides is 4. The second kappa shape index (κ2) is 12.1. The number of rotatable bonds is 8. The van der Waals surface area contributed by atoms with Crippen LogP contribution in [0.2, 0.25) is 0 Å². The van der Waals surface area contributed by atoms with Crippen molar-refractivity contribution in [1.29, 1.82) is 0 Å². The Balaban J connectivity index is 1.52. The lowest BCUT2D eigenvalue weighted by Gasteiger charge is -2.36. The van der Waals surface area contributed by atoms with Crippen LogP contribution in [0, 0.1) is 0 Å². The van der Waals surface area contributed by atoms with Crippen LogP contribution in [0.4, 0.5) is 16.2 Å². The Morgan fingerprint density at radius 3 is 2.18 bits per heavy atom. The number of carbonyl (C=O) groups excluding carboxylic acids is 3. The molecule has 0 aliphatic carbocycles. The number of benzene rings is 2. The van der Waals surface area contributed by atoms with Gasteiger partial charge in [0.25, 0.3) is 5.91 Å². The predicted molar refractivity (Wildman–Crippen MR) is 135 cm³/mol. The first-order chi connectivity index (χ1) is 16.4. The van der Waals surface area contributed by atoms with Gasteiger partial charge in [0.1, 0.15) is 6.54 Å². The van der Waals surface area contributed by atoms with Crippen molar-refractivity contribution in [2.75, 3.05) is 49.5 Å². The maximum atomic E-state index is 12.8. The molecule has 0 radical (unpaired) electrons. The summed E-state index contributed by atoms with van der Waals surface area (Å²) in [7, 11) is 0. The molecule has 8 heteroatoms. The lowest BCUT2D eigenvalue weighted by molar-refractivity contribution is -0.116. The molecular formula is C26H35N5O3. The van der Waals surface area contributed by atoms with Gasteiger partial charge < -0.3 is 25.3 Å². The third kappa shape index (κ3) is 6.97. The van der Waals surface area contributed by atoms with Crippen molar-refractivity contribution in [3.8, 4) is 0 Å². The van der Waals surface area contributed by atoms with Gasteiger partial charge in [-0.1, -0.05) is 25.1 Å². The lowest BCUT2D eigenvalue weighted by atomic mass is 10.2. The highest BCUT2D eigenvalue weighted by Gasteiger charge is 2.22. The van der Waals surface area contributed by atoms with Crippen LogP contribution in [-0.4, -0.2) is 73.0 Å². The average Bonchev–Trinajstić information content (AvgIpc) is 2.84. The number of urea groups is 1. The van der Waals surface area contributed by atoms with Crippen molar-refractivity contribution in [3.05, 3.63) is 60.2 Å². The molecule has 0 atom stereocenters. The van der Waals surface area contributed by atoms with E-state index < -0.39 is 0 Å². The Morgan fingerprint density at radius 2 is 1.59 bits per heavy atom. The van der Waals surface area contributed by atoms with Gasteiger partial charge in [0.15, 0.2) is 0 Å². The second-order valence-corrected chi connectivity index (χ2v) is 8.77. The summed E-state index contributed by atoms with van der Waals surface area (Å²) in [6, 6.07) is 16.8. The van der Waals surface area contributed by atoms with E-state index in [4.69, 9.17) is 0 Å². The molecule has 1 saturated heterocycles. The van der Waals surface area contributed by atoms with E-state index in [2.05, 4.69) is 15.5 Å². The first-order valence-electron chi connectivity index (χ1n) is 11.9. The normalized spacial score (nSPS) is 13.5. The maximum absolute atomic E-state index is 12.8. The molecule has 0 saturated carbocycles. The number of hydrogen-bond donors (Lipinski definition) is 2. The molecule has 0 aromatic heterocycles. The topological polar surface area (TPSA) is 85.0 Å². The SMILES string of the molecule is CCCN(CC(=O)Nc1ccc(N2CCN(C(=O)NC(C)C)CC2)cc1)C(=O)c1ccccc1. The van der Waals surface area contributed by atoms with E-state index in [1.165, 1.54) is 0 Å². The number of nitrogens with zero attached hydrogens (tertiary/aromatic N) is 3. The van der Waals surface area contributed by atoms with Crippen LogP contribution in [0.25, 0.3) is 0 Å². The fraction of sp³-hybridized carbons (Fsp3) is 0.423. The molecule has 0 unspecified atom stereocenters. The van der Waals surface area contributed by atoms with E-state index in [-0.39, 0.29) is 30.4 Å². The maximum Gasteiger partial charge on any atom is 0.317 e. The molecule has 4 amide bonds. The fourth-order valence-electron chi connectivity index (χ4n) is 3.92. The molecular weight excluding hydrogens is 430 g/mol. The molecule has 34 heavy (non-hydrogen) atoms. The van der Waals surface area contributed by atoms with E-state index in [0.717, 1.165) is 25.2 Å². The van der Waals surface area contributed by atoms with E-state index >= 15 is 0 Å². The Hall–Kier alpha value is -3.55. The largest absolute Gasteiger partial charge is 0.368 e. The first-order valence-corrected chi connectivity index (χ1v) is 11.9. The quantitative estimate of drug-likeness (QED) is 0.626. The van der Waals surface area contributed by atoms with Crippen molar-refractivity contribution in [3.63, 3.8) is 0 Å². The van der Waals surface area contributed by atoms with Gasteiger partial charge in [0, 0.05) is 55.7 Å². The highest BCUT2D eigenvalue weighted by molar-refractivity contribution is 5.99. The highest BCUT2D eigenvalue weighted by atomic mass is 16.2. The standard InChI is InChI=1S/C26H35N5O3/c1-4-14-31(25(33)21-8-6-5-7-9-21)19-24(32)28-22-10-12-23(13-11-22)29-15-17-30(18-16-29)26(34)27-20(2)3/h5-13,20H,4,14-19H2,1-3H3,(H,27,34)(H,28,32). The van der Waals surface area contributed by atoms with Crippen LogP contribution in [0.1, 0.15) is 37.6 Å². The zero-order chi connectivity index (χ0) is 24.5. The molecule has 1 aliphatic rings. The van der Waals surface area contributed by atoms with Crippen LogP contribution >= 0.6 is 0 Å². The van der Waals surface area contributed by atoms with Gasteiger partial charge in [0.05, 0.1) is 0 Å². The van der Waals surface area contributed by atoms with Gasteiger partial charge in [-0.05, 0) is 56.7 Å². The Kier molecular flexibility index (Phi) is 8.90. The second-order valence-electron chi connectivity index (χ2n) is 8.77. The average molecular weight is 466 g/mol. The third-order valence-corrected chi connectivity index (χ3v) is 5.63. The van der Waals surface area contributed by atoms with Crippen molar-refractivity contribution < 1.29 is 14.4 Å². The van der Waals surface area contributed by atoms with Gasteiger partial charge in [0.2, 0.25) is 5.91 Å². The summed E-state index contributed by atoms with van der Waals surface area (Å²) in [5.74, 6) is -0.371. The summed E-state index contributed by atoms with van der Waals surface area (Å²) in [5.41, 5.74) is 2.32. The molecule has 0 bridgehead atoms. The first kappa shape index (κ1) is 25.1. The predicted octanol–water partition coefficient (Wildman–Crippen LogP) is 3.42. The van der Waals surface area contributed by atoms with Crippen LogP contribution in [0.3, 0.4) is 0 Å². The number of carbonyl (C=O) groups is 3. The van der Waals surface area contributed by atoms with Crippen molar-refractivity contribution in [2.45, 2.75) is 33.2 Å². The number of nitrogens with one attached hydrogen (secondary N) is 2. The van der Waals surface area contributed by atoms with Crippen LogP contribution < -0.4 is 15.5 Å². The van der Waals surface area contributed by atoms with Crippen LogP contribution in [-0.2, 0) is 4.79 Å². The van der Waals surface area contributed by atoms with Crippen molar-refractivity contribution in [2.24, 2.45) is 0 Å². The van der Waals surface area contributed by atoms with Crippen molar-refractivity contribution >= 4 is 29.2 Å². The minimum absolute atomic E-state index is 0.00369. The minimum atomic E-state index is -0.227. The summed E-state index contributed by atoms with van der Waals surface area (Å²) in [6.45, 7) is 9.26. The van der Waals surface area contributed by atoms with Gasteiger partial charge in [-0.2, -0.15) is 0 Å². The summed E-state index contributed by atoms with van der Waals surface area (Å²) >= 11 is 0. The molecule has 2 aromatic carbocycles. The molecule has 3 rings (SSSR count). The minimum Gasteiger partial charge on any atom is -0.368 e.